The van der Waals surface area contributed by atoms with Gasteiger partial charge in [-0.05, 0) is 24.4 Å². The van der Waals surface area contributed by atoms with Crippen molar-refractivity contribution in [3.05, 3.63) is 42.1 Å². The van der Waals surface area contributed by atoms with Gasteiger partial charge in [-0.25, -0.2) is 4.98 Å². The first-order valence-corrected chi connectivity index (χ1v) is 6.47. The molecule has 0 spiro atoms. The van der Waals surface area contributed by atoms with E-state index in [1.165, 1.54) is 7.05 Å². The summed E-state index contributed by atoms with van der Waals surface area (Å²) in [5.74, 6) is -0.188. The van der Waals surface area contributed by atoms with Gasteiger partial charge in [0.05, 0.1) is 0 Å². The summed E-state index contributed by atoms with van der Waals surface area (Å²) in [6.45, 7) is 0. The third-order valence-electron chi connectivity index (χ3n) is 2.41. The molecular formula is C13H11F3N4OS. The van der Waals surface area contributed by atoms with E-state index in [9.17, 15) is 13.2 Å². The lowest BCUT2D eigenvalue weighted by atomic mass is 10.3. The maximum atomic E-state index is 12.9. The van der Waals surface area contributed by atoms with E-state index < -0.39 is 11.9 Å². The molecule has 1 aromatic carbocycles. The maximum Gasteiger partial charge on any atom is 0.433 e. The topological polar surface area (TPSA) is 59.1 Å². The molecule has 0 aliphatic heterocycles. The molecule has 2 N–H and O–H groups in total. The summed E-state index contributed by atoms with van der Waals surface area (Å²) in [4.78, 5) is 7.24. The zero-order valence-corrected chi connectivity index (χ0v) is 12.1. The summed E-state index contributed by atoms with van der Waals surface area (Å²) in [6, 6.07) is 9.06. The Balaban J connectivity index is 2.35. The van der Waals surface area contributed by atoms with Gasteiger partial charge < -0.3 is 15.4 Å². The van der Waals surface area contributed by atoms with Crippen molar-refractivity contribution < 1.29 is 17.9 Å². The Bertz CT molecular complexity index is 664. The Morgan fingerprint density at radius 1 is 1.18 bits per heavy atom. The first-order chi connectivity index (χ1) is 10.4. The number of anilines is 1. The fourth-order valence-corrected chi connectivity index (χ4v) is 1.54. The normalized spacial score (nSPS) is 10.9. The van der Waals surface area contributed by atoms with Gasteiger partial charge in [-0.2, -0.15) is 18.2 Å². The fraction of sp³-hybridized carbons (Fsp3) is 0.154. The SMILES string of the molecule is CNC(=S)Nc1nc(Oc2ccccc2)cc(C(F)(F)F)n1. The number of halogens is 3. The van der Waals surface area contributed by atoms with Crippen LogP contribution in [0.3, 0.4) is 0 Å². The van der Waals surface area contributed by atoms with E-state index in [0.29, 0.717) is 5.75 Å². The predicted molar refractivity (Wildman–Crippen MR) is 78.8 cm³/mol. The minimum Gasteiger partial charge on any atom is -0.439 e. The molecule has 2 rings (SSSR count). The number of nitrogens with zero attached hydrogens (tertiary/aromatic N) is 2. The molecule has 0 bridgehead atoms. The average molecular weight is 328 g/mol. The molecule has 1 aromatic heterocycles. The first kappa shape index (κ1) is 16.0. The van der Waals surface area contributed by atoms with Crippen molar-refractivity contribution in [1.29, 1.82) is 0 Å². The number of alkyl halides is 3. The molecule has 0 radical (unpaired) electrons. The molecule has 2 aromatic rings. The Labute approximate surface area is 129 Å². The summed E-state index contributed by atoms with van der Waals surface area (Å²) in [7, 11) is 1.52. The Morgan fingerprint density at radius 3 is 2.45 bits per heavy atom. The molecule has 0 atom stereocenters. The summed E-state index contributed by atoms with van der Waals surface area (Å²) in [5.41, 5.74) is -1.13. The molecule has 0 aliphatic rings. The van der Waals surface area contributed by atoms with Crippen LogP contribution in [0.1, 0.15) is 5.69 Å². The minimum absolute atomic E-state index is 0.0879. The molecule has 116 valence electrons. The van der Waals surface area contributed by atoms with E-state index in [2.05, 4.69) is 20.6 Å². The van der Waals surface area contributed by atoms with Gasteiger partial charge >= 0.3 is 6.18 Å². The minimum atomic E-state index is -4.63. The fourth-order valence-electron chi connectivity index (χ4n) is 1.45. The largest absolute Gasteiger partial charge is 0.439 e. The van der Waals surface area contributed by atoms with Crippen LogP contribution in [0.5, 0.6) is 11.6 Å². The molecule has 1 heterocycles. The maximum absolute atomic E-state index is 12.9. The van der Waals surface area contributed by atoms with Crippen molar-refractivity contribution in [2.24, 2.45) is 0 Å². The molecule has 0 saturated heterocycles. The third-order valence-corrected chi connectivity index (χ3v) is 2.72. The van der Waals surface area contributed by atoms with Gasteiger partial charge in [-0.15, -0.1) is 0 Å². The number of thiocarbonyl (C=S) groups is 1. The van der Waals surface area contributed by atoms with E-state index in [4.69, 9.17) is 17.0 Å². The zero-order chi connectivity index (χ0) is 16.2. The second-order valence-corrected chi connectivity index (χ2v) is 4.44. The van der Waals surface area contributed by atoms with Crippen LogP contribution in [-0.2, 0) is 6.18 Å². The van der Waals surface area contributed by atoms with Gasteiger partial charge in [0.15, 0.2) is 10.8 Å². The number of para-hydroxylation sites is 1. The van der Waals surface area contributed by atoms with E-state index in [1.807, 2.05) is 0 Å². The number of nitrogens with one attached hydrogen (secondary N) is 2. The Kier molecular flexibility index (Phi) is 4.76. The zero-order valence-electron chi connectivity index (χ0n) is 11.3. The lowest BCUT2D eigenvalue weighted by molar-refractivity contribution is -0.141. The van der Waals surface area contributed by atoms with Gasteiger partial charge in [0.25, 0.3) is 0 Å². The molecule has 0 unspecified atom stereocenters. The molecule has 22 heavy (non-hydrogen) atoms. The highest BCUT2D eigenvalue weighted by Crippen LogP contribution is 2.31. The Morgan fingerprint density at radius 2 is 1.86 bits per heavy atom. The average Bonchev–Trinajstić information content (AvgIpc) is 2.47. The van der Waals surface area contributed by atoms with Gasteiger partial charge in [0.1, 0.15) is 5.75 Å². The van der Waals surface area contributed by atoms with Crippen LogP contribution >= 0.6 is 12.2 Å². The van der Waals surface area contributed by atoms with Crippen molar-refractivity contribution in [2.45, 2.75) is 6.18 Å². The second-order valence-electron chi connectivity index (χ2n) is 4.03. The van der Waals surface area contributed by atoms with Crippen LogP contribution in [0.25, 0.3) is 0 Å². The highest BCUT2D eigenvalue weighted by Gasteiger charge is 2.34. The summed E-state index contributed by atoms with van der Waals surface area (Å²) in [6.07, 6.45) is -4.63. The van der Waals surface area contributed by atoms with Crippen molar-refractivity contribution in [3.63, 3.8) is 0 Å². The Hall–Kier alpha value is -2.42. The van der Waals surface area contributed by atoms with Crippen molar-refractivity contribution in [2.75, 3.05) is 12.4 Å². The number of hydrogen-bond donors (Lipinski definition) is 2. The van der Waals surface area contributed by atoms with Gasteiger partial charge in [-0.1, -0.05) is 18.2 Å². The third kappa shape index (κ3) is 4.29. The standard InChI is InChI=1S/C13H11F3N4OS/c1-17-12(22)20-11-18-9(13(14,15)16)7-10(19-11)21-8-5-3-2-4-6-8/h2-7H,1H3,(H2,17,18,19,20,22). The number of ether oxygens (including phenoxy) is 1. The van der Waals surface area contributed by atoms with Crippen molar-refractivity contribution in [1.82, 2.24) is 15.3 Å². The number of benzene rings is 1. The molecule has 0 aliphatic carbocycles. The van der Waals surface area contributed by atoms with Crippen molar-refractivity contribution in [3.8, 4) is 11.6 Å². The summed E-state index contributed by atoms with van der Waals surface area (Å²) in [5, 5.41) is 5.10. The highest BCUT2D eigenvalue weighted by atomic mass is 32.1. The summed E-state index contributed by atoms with van der Waals surface area (Å²) < 4.78 is 44.0. The van der Waals surface area contributed by atoms with Crippen LogP contribution in [-0.4, -0.2) is 22.1 Å². The highest BCUT2D eigenvalue weighted by molar-refractivity contribution is 7.80. The molecule has 9 heteroatoms. The summed E-state index contributed by atoms with van der Waals surface area (Å²) >= 11 is 4.82. The molecule has 0 saturated carbocycles. The van der Waals surface area contributed by atoms with Crippen LogP contribution in [0.2, 0.25) is 0 Å². The molecular weight excluding hydrogens is 317 g/mol. The first-order valence-electron chi connectivity index (χ1n) is 6.06. The van der Waals surface area contributed by atoms with E-state index in [1.54, 1.807) is 30.3 Å². The lowest BCUT2D eigenvalue weighted by Gasteiger charge is -2.12. The molecule has 0 amide bonds. The van der Waals surface area contributed by atoms with Gasteiger partial charge in [-0.3, -0.25) is 0 Å². The van der Waals surface area contributed by atoms with E-state index >= 15 is 0 Å². The van der Waals surface area contributed by atoms with E-state index in [0.717, 1.165) is 6.07 Å². The molecule has 0 fully saturated rings. The van der Waals surface area contributed by atoms with Crippen LogP contribution in [0.15, 0.2) is 36.4 Å². The second kappa shape index (κ2) is 6.56. The van der Waals surface area contributed by atoms with Crippen molar-refractivity contribution >= 4 is 23.3 Å². The quantitative estimate of drug-likeness (QED) is 0.844. The lowest BCUT2D eigenvalue weighted by Crippen LogP contribution is -2.26. The van der Waals surface area contributed by atoms with Crippen LogP contribution in [0.4, 0.5) is 19.1 Å². The van der Waals surface area contributed by atoms with Crippen LogP contribution in [0, 0.1) is 0 Å². The monoisotopic (exact) mass is 328 g/mol. The molecule has 5 nitrogen and oxygen atoms in total. The van der Waals surface area contributed by atoms with Crippen LogP contribution < -0.4 is 15.4 Å². The number of rotatable bonds is 3. The van der Waals surface area contributed by atoms with Gasteiger partial charge in [0, 0.05) is 13.1 Å². The predicted octanol–water partition coefficient (Wildman–Crippen LogP) is 3.20. The number of hydrogen-bond acceptors (Lipinski definition) is 4. The number of aromatic nitrogens is 2. The smallest absolute Gasteiger partial charge is 0.433 e. The van der Waals surface area contributed by atoms with Gasteiger partial charge in [0.2, 0.25) is 11.8 Å². The van der Waals surface area contributed by atoms with E-state index in [-0.39, 0.29) is 16.9 Å².